The number of para-hydroxylation sites is 1. The smallest absolute Gasteiger partial charge is 0.326 e. The van der Waals surface area contributed by atoms with E-state index in [1.165, 1.54) is 6.20 Å². The SMILES string of the molecule is CC(C)(C)OCCC(NC(=O)c1cnn(-c2ccccc2)c1)C(=O)O. The molecule has 0 aliphatic carbocycles. The van der Waals surface area contributed by atoms with Gasteiger partial charge in [-0.15, -0.1) is 0 Å². The van der Waals surface area contributed by atoms with Gasteiger partial charge < -0.3 is 15.2 Å². The number of ether oxygens (including phenoxy) is 1. The highest BCUT2D eigenvalue weighted by Crippen LogP contribution is 2.10. The lowest BCUT2D eigenvalue weighted by Gasteiger charge is -2.21. The van der Waals surface area contributed by atoms with Crippen molar-refractivity contribution in [3.63, 3.8) is 0 Å². The number of hydrogen-bond acceptors (Lipinski definition) is 4. The van der Waals surface area contributed by atoms with Crippen molar-refractivity contribution >= 4 is 11.9 Å². The lowest BCUT2D eigenvalue weighted by atomic mass is 10.1. The van der Waals surface area contributed by atoms with E-state index in [-0.39, 0.29) is 18.6 Å². The summed E-state index contributed by atoms with van der Waals surface area (Å²) in [6.07, 6.45) is 3.16. The molecule has 2 rings (SSSR count). The fourth-order valence-electron chi connectivity index (χ4n) is 2.14. The second kappa shape index (κ2) is 7.94. The van der Waals surface area contributed by atoms with Gasteiger partial charge in [0, 0.05) is 19.2 Å². The summed E-state index contributed by atoms with van der Waals surface area (Å²) in [4.78, 5) is 23.7. The molecule has 134 valence electrons. The standard InChI is InChI=1S/C18H23N3O4/c1-18(2,3)25-10-9-15(17(23)24)20-16(22)13-11-19-21(12-13)14-7-5-4-6-8-14/h4-8,11-12,15H,9-10H2,1-3H3,(H,20,22)(H,23,24). The summed E-state index contributed by atoms with van der Waals surface area (Å²) in [5, 5.41) is 15.9. The van der Waals surface area contributed by atoms with Crippen LogP contribution in [0.3, 0.4) is 0 Å². The third kappa shape index (κ3) is 5.72. The quantitative estimate of drug-likeness (QED) is 0.803. The summed E-state index contributed by atoms with van der Waals surface area (Å²) in [5.74, 6) is -1.58. The number of carbonyl (C=O) groups excluding carboxylic acids is 1. The van der Waals surface area contributed by atoms with Crippen molar-refractivity contribution in [2.45, 2.75) is 38.8 Å². The molecule has 1 aromatic carbocycles. The molecule has 1 unspecified atom stereocenters. The van der Waals surface area contributed by atoms with Gasteiger partial charge in [0.05, 0.1) is 23.0 Å². The van der Waals surface area contributed by atoms with Crippen LogP contribution in [0.15, 0.2) is 42.7 Å². The van der Waals surface area contributed by atoms with Crippen LogP contribution in [0.2, 0.25) is 0 Å². The molecule has 2 N–H and O–H groups in total. The van der Waals surface area contributed by atoms with E-state index in [1.54, 1.807) is 10.9 Å². The highest BCUT2D eigenvalue weighted by molar-refractivity contribution is 5.96. The summed E-state index contributed by atoms with van der Waals surface area (Å²) >= 11 is 0. The van der Waals surface area contributed by atoms with Crippen molar-refractivity contribution in [2.75, 3.05) is 6.61 Å². The Kier molecular flexibility index (Phi) is 5.93. The van der Waals surface area contributed by atoms with Gasteiger partial charge in [-0.25, -0.2) is 9.48 Å². The number of aromatic nitrogens is 2. The molecule has 0 radical (unpaired) electrons. The first-order valence-corrected chi connectivity index (χ1v) is 8.04. The van der Waals surface area contributed by atoms with E-state index >= 15 is 0 Å². The average molecular weight is 345 g/mol. The van der Waals surface area contributed by atoms with Crippen LogP contribution in [0.4, 0.5) is 0 Å². The molecule has 0 fully saturated rings. The Bertz CT molecular complexity index is 719. The number of aliphatic carboxylic acids is 1. The molecule has 0 saturated carbocycles. The second-order valence-electron chi connectivity index (χ2n) is 6.62. The maximum absolute atomic E-state index is 12.3. The molecule has 7 heteroatoms. The van der Waals surface area contributed by atoms with Crippen LogP contribution >= 0.6 is 0 Å². The van der Waals surface area contributed by atoms with Crippen molar-refractivity contribution in [2.24, 2.45) is 0 Å². The van der Waals surface area contributed by atoms with Crippen LogP contribution in [-0.4, -0.2) is 45.0 Å². The lowest BCUT2D eigenvalue weighted by molar-refractivity contribution is -0.140. The number of nitrogens with zero attached hydrogens (tertiary/aromatic N) is 2. The minimum atomic E-state index is -1.10. The van der Waals surface area contributed by atoms with Crippen LogP contribution in [0.5, 0.6) is 0 Å². The van der Waals surface area contributed by atoms with Crippen molar-refractivity contribution in [3.8, 4) is 5.69 Å². The van der Waals surface area contributed by atoms with Crippen LogP contribution in [0.25, 0.3) is 5.69 Å². The molecule has 1 amide bonds. The third-order valence-electron chi connectivity index (χ3n) is 3.41. The topological polar surface area (TPSA) is 93.5 Å². The first-order chi connectivity index (χ1) is 11.8. The Morgan fingerprint density at radius 2 is 1.96 bits per heavy atom. The zero-order valence-electron chi connectivity index (χ0n) is 14.6. The third-order valence-corrected chi connectivity index (χ3v) is 3.41. The van der Waals surface area contributed by atoms with E-state index in [0.717, 1.165) is 5.69 Å². The van der Waals surface area contributed by atoms with Gasteiger partial charge in [-0.2, -0.15) is 5.10 Å². The Labute approximate surface area is 146 Å². The maximum atomic E-state index is 12.3. The molecule has 1 aromatic heterocycles. The van der Waals surface area contributed by atoms with E-state index in [1.807, 2.05) is 51.1 Å². The van der Waals surface area contributed by atoms with Gasteiger partial charge in [0.25, 0.3) is 5.91 Å². The van der Waals surface area contributed by atoms with Gasteiger partial charge in [-0.1, -0.05) is 18.2 Å². The summed E-state index contributed by atoms with van der Waals surface area (Å²) in [5.41, 5.74) is 0.755. The second-order valence-corrected chi connectivity index (χ2v) is 6.62. The monoisotopic (exact) mass is 345 g/mol. The lowest BCUT2D eigenvalue weighted by Crippen LogP contribution is -2.41. The summed E-state index contributed by atoms with van der Waals surface area (Å²) in [7, 11) is 0. The largest absolute Gasteiger partial charge is 0.480 e. The van der Waals surface area contributed by atoms with Gasteiger partial charge in [-0.05, 0) is 32.9 Å². The average Bonchev–Trinajstić information content (AvgIpc) is 3.03. The van der Waals surface area contributed by atoms with Crippen molar-refractivity contribution < 1.29 is 19.4 Å². The Hall–Kier alpha value is -2.67. The summed E-state index contributed by atoms with van der Waals surface area (Å²) in [6.45, 7) is 5.90. The van der Waals surface area contributed by atoms with Crippen LogP contribution in [-0.2, 0) is 9.53 Å². The highest BCUT2D eigenvalue weighted by Gasteiger charge is 2.22. The van der Waals surface area contributed by atoms with Crippen LogP contribution in [0.1, 0.15) is 37.6 Å². The number of carbonyl (C=O) groups is 2. The molecule has 1 heterocycles. The predicted molar refractivity (Wildman–Crippen MR) is 92.8 cm³/mol. The first-order valence-electron chi connectivity index (χ1n) is 8.04. The number of amides is 1. The molecular weight excluding hydrogens is 322 g/mol. The summed E-state index contributed by atoms with van der Waals surface area (Å²) in [6, 6.07) is 8.32. The highest BCUT2D eigenvalue weighted by atomic mass is 16.5. The Morgan fingerprint density at radius 1 is 1.28 bits per heavy atom. The van der Waals surface area contributed by atoms with Crippen LogP contribution < -0.4 is 5.32 Å². The number of carboxylic acid groups (broad SMARTS) is 1. The van der Waals surface area contributed by atoms with Gasteiger partial charge in [0.2, 0.25) is 0 Å². The van der Waals surface area contributed by atoms with E-state index in [2.05, 4.69) is 10.4 Å². The Balaban J connectivity index is 1.99. The maximum Gasteiger partial charge on any atom is 0.326 e. The zero-order chi connectivity index (χ0) is 18.4. The van der Waals surface area contributed by atoms with E-state index in [0.29, 0.717) is 5.56 Å². The number of hydrogen-bond donors (Lipinski definition) is 2. The van der Waals surface area contributed by atoms with E-state index in [9.17, 15) is 14.7 Å². The van der Waals surface area contributed by atoms with Crippen molar-refractivity contribution in [3.05, 3.63) is 48.3 Å². The molecule has 0 aliphatic rings. The van der Waals surface area contributed by atoms with Gasteiger partial charge in [0.1, 0.15) is 6.04 Å². The zero-order valence-corrected chi connectivity index (χ0v) is 14.6. The molecule has 0 aliphatic heterocycles. The molecule has 0 bridgehead atoms. The minimum Gasteiger partial charge on any atom is -0.480 e. The fourth-order valence-corrected chi connectivity index (χ4v) is 2.14. The number of rotatable bonds is 7. The van der Waals surface area contributed by atoms with Gasteiger partial charge in [-0.3, -0.25) is 4.79 Å². The minimum absolute atomic E-state index is 0.186. The molecule has 1 atom stereocenters. The first kappa shape index (κ1) is 18.7. The van der Waals surface area contributed by atoms with Gasteiger partial charge in [0.15, 0.2) is 0 Å². The fraction of sp³-hybridized carbons (Fsp3) is 0.389. The molecule has 2 aromatic rings. The normalized spacial score (nSPS) is 12.6. The van der Waals surface area contributed by atoms with Crippen LogP contribution in [0, 0.1) is 0 Å². The number of nitrogens with one attached hydrogen (secondary N) is 1. The Morgan fingerprint density at radius 3 is 2.56 bits per heavy atom. The van der Waals surface area contributed by atoms with Crippen molar-refractivity contribution in [1.82, 2.24) is 15.1 Å². The number of benzene rings is 1. The molecular formula is C18H23N3O4. The molecule has 0 spiro atoms. The van der Waals surface area contributed by atoms with Crippen molar-refractivity contribution in [1.29, 1.82) is 0 Å². The predicted octanol–water partition coefficient (Wildman–Crippen LogP) is 2.26. The van der Waals surface area contributed by atoms with E-state index < -0.39 is 17.9 Å². The van der Waals surface area contributed by atoms with Gasteiger partial charge >= 0.3 is 5.97 Å². The van der Waals surface area contributed by atoms with E-state index in [4.69, 9.17) is 4.74 Å². The number of carboxylic acids is 1. The molecule has 25 heavy (non-hydrogen) atoms. The molecule has 0 saturated heterocycles. The molecule has 7 nitrogen and oxygen atoms in total. The summed E-state index contributed by atoms with van der Waals surface area (Å²) < 4.78 is 7.09.